The molecule has 1 aliphatic rings. The number of nitrogens with one attached hydrogen (secondary N) is 1. The SMILES string of the molecule is COc1ccc(CN2CCCCC2c2ncc(C(=O)Nc3ccccc3OC)c(C)n2)cc1. The normalized spacial score (nSPS) is 16.3. The van der Waals surface area contributed by atoms with Crippen molar-refractivity contribution in [3.05, 3.63) is 77.4 Å². The van der Waals surface area contributed by atoms with Crippen molar-refractivity contribution in [3.63, 3.8) is 0 Å². The van der Waals surface area contributed by atoms with Crippen LogP contribution in [0.4, 0.5) is 5.69 Å². The number of aryl methyl sites for hydroxylation is 1. The van der Waals surface area contributed by atoms with E-state index in [2.05, 4.69) is 27.3 Å². The van der Waals surface area contributed by atoms with Gasteiger partial charge in [-0.15, -0.1) is 0 Å². The van der Waals surface area contributed by atoms with E-state index in [-0.39, 0.29) is 11.9 Å². The monoisotopic (exact) mass is 446 g/mol. The highest BCUT2D eigenvalue weighted by Crippen LogP contribution is 2.31. The molecule has 0 saturated carbocycles. The van der Waals surface area contributed by atoms with Crippen molar-refractivity contribution in [1.82, 2.24) is 14.9 Å². The van der Waals surface area contributed by atoms with Gasteiger partial charge in [0.05, 0.1) is 37.2 Å². The fourth-order valence-electron chi connectivity index (χ4n) is 4.24. The third-order valence-electron chi connectivity index (χ3n) is 6.05. The molecule has 3 aromatic rings. The van der Waals surface area contributed by atoms with Crippen molar-refractivity contribution in [2.75, 3.05) is 26.1 Å². The Bertz CT molecular complexity index is 1100. The number of piperidine rings is 1. The van der Waals surface area contributed by atoms with Crippen molar-refractivity contribution in [1.29, 1.82) is 0 Å². The topological polar surface area (TPSA) is 76.6 Å². The molecule has 0 bridgehead atoms. The van der Waals surface area contributed by atoms with E-state index in [9.17, 15) is 4.79 Å². The van der Waals surface area contributed by atoms with Crippen LogP contribution in [0.3, 0.4) is 0 Å². The zero-order valence-corrected chi connectivity index (χ0v) is 19.4. The van der Waals surface area contributed by atoms with Crippen molar-refractivity contribution in [2.45, 2.75) is 38.8 Å². The zero-order chi connectivity index (χ0) is 23.2. The first-order valence-corrected chi connectivity index (χ1v) is 11.2. The lowest BCUT2D eigenvalue weighted by atomic mass is 10.00. The number of aromatic nitrogens is 2. The number of benzene rings is 2. The molecule has 1 N–H and O–H groups in total. The average molecular weight is 447 g/mol. The molecule has 0 spiro atoms. The molecule has 2 heterocycles. The summed E-state index contributed by atoms with van der Waals surface area (Å²) in [5.74, 6) is 1.99. The quantitative estimate of drug-likeness (QED) is 0.563. The molecule has 0 radical (unpaired) electrons. The van der Waals surface area contributed by atoms with Crippen molar-refractivity contribution in [3.8, 4) is 11.5 Å². The molecule has 1 fully saturated rings. The number of hydrogen-bond acceptors (Lipinski definition) is 6. The van der Waals surface area contributed by atoms with Crippen LogP contribution in [0.1, 0.15) is 52.7 Å². The number of methoxy groups -OCH3 is 2. The van der Waals surface area contributed by atoms with E-state index < -0.39 is 0 Å². The molecule has 7 heteroatoms. The van der Waals surface area contributed by atoms with Gasteiger partial charge in [-0.05, 0) is 56.1 Å². The van der Waals surface area contributed by atoms with E-state index in [1.165, 1.54) is 5.56 Å². The van der Waals surface area contributed by atoms with Crippen LogP contribution in [0.2, 0.25) is 0 Å². The number of anilines is 1. The maximum absolute atomic E-state index is 12.9. The predicted octanol–water partition coefficient (Wildman–Crippen LogP) is 4.78. The summed E-state index contributed by atoms with van der Waals surface area (Å²) in [6.07, 6.45) is 4.94. The van der Waals surface area contributed by atoms with Crippen LogP contribution in [0, 0.1) is 6.92 Å². The Morgan fingerprint density at radius 2 is 1.88 bits per heavy atom. The van der Waals surface area contributed by atoms with Crippen LogP contribution in [0.15, 0.2) is 54.7 Å². The molecule has 0 aliphatic carbocycles. The van der Waals surface area contributed by atoms with Gasteiger partial charge in [0.1, 0.15) is 17.3 Å². The van der Waals surface area contributed by atoms with Gasteiger partial charge in [-0.25, -0.2) is 9.97 Å². The highest BCUT2D eigenvalue weighted by atomic mass is 16.5. The molecule has 1 aliphatic heterocycles. The standard InChI is InChI=1S/C26H30N4O3/c1-18-21(26(31)29-22-8-4-5-10-24(22)33-3)16-27-25(28-18)23-9-6-7-15-30(23)17-19-11-13-20(32-2)14-12-19/h4-5,8,10-14,16,23H,6-7,9,15,17H2,1-3H3,(H,29,31). The molecular formula is C26H30N4O3. The van der Waals surface area contributed by atoms with Crippen LogP contribution in [0.25, 0.3) is 0 Å². The number of ether oxygens (including phenoxy) is 2. The maximum Gasteiger partial charge on any atom is 0.259 e. The number of nitrogens with zero attached hydrogens (tertiary/aromatic N) is 3. The van der Waals surface area contributed by atoms with Crippen molar-refractivity contribution < 1.29 is 14.3 Å². The number of hydrogen-bond donors (Lipinski definition) is 1. The summed E-state index contributed by atoms with van der Waals surface area (Å²) in [5, 5.41) is 2.90. The van der Waals surface area contributed by atoms with E-state index in [0.717, 1.165) is 43.9 Å². The average Bonchev–Trinajstić information content (AvgIpc) is 2.85. The van der Waals surface area contributed by atoms with Crippen LogP contribution in [-0.2, 0) is 6.54 Å². The minimum atomic E-state index is -0.248. The molecule has 1 unspecified atom stereocenters. The van der Waals surface area contributed by atoms with Crippen molar-refractivity contribution >= 4 is 11.6 Å². The summed E-state index contributed by atoms with van der Waals surface area (Å²) in [6, 6.07) is 15.6. The molecule has 1 atom stereocenters. The minimum absolute atomic E-state index is 0.130. The van der Waals surface area contributed by atoms with Gasteiger partial charge in [0.25, 0.3) is 5.91 Å². The Hall–Kier alpha value is -3.45. The molecule has 7 nitrogen and oxygen atoms in total. The fourth-order valence-corrected chi connectivity index (χ4v) is 4.24. The molecule has 33 heavy (non-hydrogen) atoms. The van der Waals surface area contributed by atoms with E-state index in [1.807, 2.05) is 37.3 Å². The summed E-state index contributed by atoms with van der Waals surface area (Å²) >= 11 is 0. The lowest BCUT2D eigenvalue weighted by molar-refractivity contribution is 0.102. The summed E-state index contributed by atoms with van der Waals surface area (Å²) < 4.78 is 10.6. The fraction of sp³-hybridized carbons (Fsp3) is 0.346. The Labute approximate surface area is 194 Å². The van der Waals surface area contributed by atoms with Crippen LogP contribution >= 0.6 is 0 Å². The van der Waals surface area contributed by atoms with E-state index >= 15 is 0 Å². The predicted molar refractivity (Wildman–Crippen MR) is 128 cm³/mol. The zero-order valence-electron chi connectivity index (χ0n) is 19.4. The minimum Gasteiger partial charge on any atom is -0.497 e. The third-order valence-corrected chi connectivity index (χ3v) is 6.05. The first-order chi connectivity index (χ1) is 16.1. The number of carbonyl (C=O) groups is 1. The van der Waals surface area contributed by atoms with Gasteiger partial charge in [-0.3, -0.25) is 9.69 Å². The second-order valence-corrected chi connectivity index (χ2v) is 8.21. The highest BCUT2D eigenvalue weighted by molar-refractivity contribution is 6.05. The third kappa shape index (κ3) is 5.31. The van der Waals surface area contributed by atoms with Crippen LogP contribution in [-0.4, -0.2) is 41.5 Å². The maximum atomic E-state index is 12.9. The van der Waals surface area contributed by atoms with Crippen LogP contribution < -0.4 is 14.8 Å². The highest BCUT2D eigenvalue weighted by Gasteiger charge is 2.27. The number of likely N-dealkylation sites (tertiary alicyclic amines) is 1. The first kappa shape index (κ1) is 22.7. The van der Waals surface area contributed by atoms with E-state index in [0.29, 0.717) is 22.7 Å². The largest absolute Gasteiger partial charge is 0.497 e. The molecule has 1 amide bonds. The van der Waals surface area contributed by atoms with Gasteiger partial charge in [0.2, 0.25) is 0 Å². The second kappa shape index (κ2) is 10.4. The molecule has 1 saturated heterocycles. The first-order valence-electron chi connectivity index (χ1n) is 11.2. The van der Waals surface area contributed by atoms with E-state index in [4.69, 9.17) is 14.5 Å². The Kier molecular flexibility index (Phi) is 7.19. The van der Waals surface area contributed by atoms with Gasteiger partial charge in [0, 0.05) is 12.7 Å². The van der Waals surface area contributed by atoms with Crippen LogP contribution in [0.5, 0.6) is 11.5 Å². The summed E-state index contributed by atoms with van der Waals surface area (Å²) in [5.41, 5.74) is 2.98. The van der Waals surface area contributed by atoms with Gasteiger partial charge < -0.3 is 14.8 Å². The summed E-state index contributed by atoms with van der Waals surface area (Å²) in [4.78, 5) is 24.7. The molecule has 4 rings (SSSR count). The van der Waals surface area contributed by atoms with Gasteiger partial charge in [0.15, 0.2) is 0 Å². The number of rotatable bonds is 7. The molecular weight excluding hydrogens is 416 g/mol. The lowest BCUT2D eigenvalue weighted by Gasteiger charge is -2.34. The molecule has 1 aromatic heterocycles. The molecule has 2 aromatic carbocycles. The number of para-hydroxylation sites is 2. The number of amides is 1. The Balaban J connectivity index is 1.50. The van der Waals surface area contributed by atoms with Gasteiger partial charge in [-0.1, -0.05) is 30.7 Å². The van der Waals surface area contributed by atoms with E-state index in [1.54, 1.807) is 26.5 Å². The smallest absolute Gasteiger partial charge is 0.259 e. The van der Waals surface area contributed by atoms with Gasteiger partial charge >= 0.3 is 0 Å². The Morgan fingerprint density at radius 3 is 2.61 bits per heavy atom. The lowest BCUT2D eigenvalue weighted by Crippen LogP contribution is -2.34. The van der Waals surface area contributed by atoms with Crippen molar-refractivity contribution in [2.24, 2.45) is 0 Å². The van der Waals surface area contributed by atoms with Gasteiger partial charge in [-0.2, -0.15) is 0 Å². The second-order valence-electron chi connectivity index (χ2n) is 8.21. The summed E-state index contributed by atoms with van der Waals surface area (Å²) in [6.45, 7) is 3.68. The number of carbonyl (C=O) groups excluding carboxylic acids is 1. The molecule has 172 valence electrons. The Morgan fingerprint density at radius 1 is 1.09 bits per heavy atom. The summed E-state index contributed by atoms with van der Waals surface area (Å²) in [7, 11) is 3.26.